The Morgan fingerprint density at radius 1 is 1.19 bits per heavy atom. The van der Waals surface area contributed by atoms with Crippen LogP contribution in [0, 0.1) is 11.3 Å². The molecular weight excluding hydrogens is 202 g/mol. The Bertz CT molecular complexity index is 264. The van der Waals surface area contributed by atoms with Crippen LogP contribution in [0.1, 0.15) is 58.3 Å². The van der Waals surface area contributed by atoms with Gasteiger partial charge in [-0.3, -0.25) is 0 Å². The summed E-state index contributed by atoms with van der Waals surface area (Å²) >= 11 is 0. The number of unbranched alkanes of at least 4 members (excludes halogenated alkanes) is 7. The Hall–Kier alpha value is -1.30. The van der Waals surface area contributed by atoms with Crippen molar-refractivity contribution in [1.82, 2.24) is 0 Å². The van der Waals surface area contributed by atoms with Crippen LogP contribution in [0.25, 0.3) is 0 Å². The van der Waals surface area contributed by atoms with Crippen LogP contribution < -0.4 is 0 Å². The van der Waals surface area contributed by atoms with Gasteiger partial charge >= 0.3 is 5.97 Å². The minimum Gasteiger partial charge on any atom is -0.478 e. The van der Waals surface area contributed by atoms with Crippen LogP contribution in [0.5, 0.6) is 0 Å². The third-order valence-corrected chi connectivity index (χ3v) is 2.53. The number of nitrogens with zero attached hydrogens (tertiary/aromatic N) is 1. The molecule has 0 radical (unpaired) electrons. The summed E-state index contributed by atoms with van der Waals surface area (Å²) in [7, 11) is 0. The molecule has 3 nitrogen and oxygen atoms in total. The van der Waals surface area contributed by atoms with E-state index in [0.717, 1.165) is 32.1 Å². The van der Waals surface area contributed by atoms with E-state index < -0.39 is 5.97 Å². The molecule has 0 aliphatic heterocycles. The summed E-state index contributed by atoms with van der Waals surface area (Å²) in [5.74, 6) is -0.823. The Labute approximate surface area is 97.8 Å². The molecular formula is C13H21NO2. The largest absolute Gasteiger partial charge is 0.478 e. The Balaban J connectivity index is 3.25. The molecule has 0 aromatic heterocycles. The van der Waals surface area contributed by atoms with E-state index in [1.54, 1.807) is 13.0 Å². The molecule has 1 N–H and O–H groups in total. The lowest BCUT2D eigenvalue weighted by Gasteiger charge is -1.99. The second-order valence-electron chi connectivity index (χ2n) is 4.01. The zero-order valence-electron chi connectivity index (χ0n) is 10.0. The third-order valence-electron chi connectivity index (χ3n) is 2.53. The minimum absolute atomic E-state index is 0.439. The van der Waals surface area contributed by atoms with Crippen molar-refractivity contribution in [3.8, 4) is 6.07 Å². The van der Waals surface area contributed by atoms with Crippen molar-refractivity contribution in [2.75, 3.05) is 0 Å². The molecule has 0 saturated heterocycles. The summed E-state index contributed by atoms with van der Waals surface area (Å²) in [4.78, 5) is 10.5. The van der Waals surface area contributed by atoms with Gasteiger partial charge in [-0.05, 0) is 26.2 Å². The lowest BCUT2D eigenvalue weighted by atomic mass is 10.1. The fraction of sp³-hybridized carbons (Fsp3) is 0.692. The molecule has 0 rings (SSSR count). The second-order valence-corrected chi connectivity index (χ2v) is 4.01. The van der Waals surface area contributed by atoms with Gasteiger partial charge in [0.2, 0.25) is 0 Å². The van der Waals surface area contributed by atoms with Crippen molar-refractivity contribution in [2.45, 2.75) is 58.3 Å². The highest BCUT2D eigenvalue weighted by atomic mass is 16.4. The van der Waals surface area contributed by atoms with Gasteiger partial charge < -0.3 is 5.11 Å². The predicted molar refractivity (Wildman–Crippen MR) is 63.9 cm³/mol. The molecule has 0 aromatic rings. The number of carbonyl (C=O) groups is 1. The molecule has 0 unspecified atom stereocenters. The maximum atomic E-state index is 10.5. The highest BCUT2D eigenvalue weighted by Crippen LogP contribution is 2.09. The van der Waals surface area contributed by atoms with Gasteiger partial charge in [-0.25, -0.2) is 4.79 Å². The van der Waals surface area contributed by atoms with Crippen LogP contribution in [-0.4, -0.2) is 11.1 Å². The smallest absolute Gasteiger partial charge is 0.330 e. The lowest BCUT2D eigenvalue weighted by molar-refractivity contribution is -0.132. The minimum atomic E-state index is -0.823. The standard InChI is InChI=1S/C13H21NO2/c1-12(13(15)16)10-8-6-4-2-3-5-7-9-11-14/h10H,2-9H2,1H3,(H,15,16). The van der Waals surface area contributed by atoms with E-state index in [0.29, 0.717) is 12.0 Å². The number of carboxylic acid groups (broad SMARTS) is 1. The fourth-order valence-corrected chi connectivity index (χ4v) is 1.46. The molecule has 0 aliphatic rings. The molecule has 0 spiro atoms. The van der Waals surface area contributed by atoms with Crippen molar-refractivity contribution in [2.24, 2.45) is 0 Å². The monoisotopic (exact) mass is 223 g/mol. The average molecular weight is 223 g/mol. The van der Waals surface area contributed by atoms with Gasteiger partial charge in [-0.15, -0.1) is 0 Å². The SMILES string of the molecule is CC(=CCCCCCCCCC#N)C(=O)O. The molecule has 0 fully saturated rings. The molecule has 90 valence electrons. The fourth-order valence-electron chi connectivity index (χ4n) is 1.46. The van der Waals surface area contributed by atoms with Crippen LogP contribution in [0.4, 0.5) is 0 Å². The highest BCUT2D eigenvalue weighted by molar-refractivity contribution is 5.85. The third kappa shape index (κ3) is 9.26. The summed E-state index contributed by atoms with van der Waals surface area (Å²) in [6.45, 7) is 1.63. The second kappa shape index (κ2) is 10.2. The van der Waals surface area contributed by atoms with E-state index in [1.165, 1.54) is 12.8 Å². The Kier molecular flexibility index (Phi) is 9.39. The van der Waals surface area contributed by atoms with Gasteiger partial charge in [0, 0.05) is 12.0 Å². The normalized spacial score (nSPS) is 11.1. The van der Waals surface area contributed by atoms with Gasteiger partial charge in [0.05, 0.1) is 6.07 Å². The van der Waals surface area contributed by atoms with Gasteiger partial charge in [-0.2, -0.15) is 5.26 Å². The number of nitriles is 1. The first-order valence-electron chi connectivity index (χ1n) is 5.95. The lowest BCUT2D eigenvalue weighted by Crippen LogP contribution is -1.95. The molecule has 3 heteroatoms. The molecule has 16 heavy (non-hydrogen) atoms. The number of carboxylic acids is 1. The maximum Gasteiger partial charge on any atom is 0.330 e. The zero-order valence-corrected chi connectivity index (χ0v) is 10.0. The van der Waals surface area contributed by atoms with Crippen molar-refractivity contribution in [1.29, 1.82) is 5.26 Å². The van der Waals surface area contributed by atoms with Gasteiger partial charge in [0.15, 0.2) is 0 Å². The van der Waals surface area contributed by atoms with Crippen molar-refractivity contribution in [3.63, 3.8) is 0 Å². The number of hydrogen-bond donors (Lipinski definition) is 1. The molecule has 0 heterocycles. The molecule has 0 atom stereocenters. The number of allylic oxidation sites excluding steroid dienone is 1. The first kappa shape index (κ1) is 14.7. The predicted octanol–water partition coefficient (Wildman–Crippen LogP) is 3.66. The summed E-state index contributed by atoms with van der Waals surface area (Å²) in [6, 6.07) is 2.14. The number of rotatable bonds is 9. The van der Waals surface area contributed by atoms with E-state index in [-0.39, 0.29) is 0 Å². The Morgan fingerprint density at radius 2 is 1.75 bits per heavy atom. The molecule has 0 amide bonds. The summed E-state index contributed by atoms with van der Waals surface area (Å²) in [6.07, 6.45) is 10.0. The van der Waals surface area contributed by atoms with E-state index in [9.17, 15) is 4.79 Å². The topological polar surface area (TPSA) is 61.1 Å². The van der Waals surface area contributed by atoms with Crippen LogP contribution in [0.15, 0.2) is 11.6 Å². The number of aliphatic carboxylic acids is 1. The zero-order chi connectivity index (χ0) is 12.2. The maximum absolute atomic E-state index is 10.5. The van der Waals surface area contributed by atoms with E-state index >= 15 is 0 Å². The van der Waals surface area contributed by atoms with E-state index in [4.69, 9.17) is 10.4 Å². The van der Waals surface area contributed by atoms with Gasteiger partial charge in [0.25, 0.3) is 0 Å². The van der Waals surface area contributed by atoms with Crippen LogP contribution in [-0.2, 0) is 4.79 Å². The van der Waals surface area contributed by atoms with Crippen LogP contribution in [0.3, 0.4) is 0 Å². The van der Waals surface area contributed by atoms with Crippen LogP contribution >= 0.6 is 0 Å². The first-order chi connectivity index (χ1) is 7.68. The first-order valence-corrected chi connectivity index (χ1v) is 5.95. The molecule has 0 bridgehead atoms. The molecule has 0 aliphatic carbocycles. The van der Waals surface area contributed by atoms with E-state index in [1.807, 2.05) is 0 Å². The molecule has 0 saturated carbocycles. The van der Waals surface area contributed by atoms with Crippen LogP contribution in [0.2, 0.25) is 0 Å². The number of hydrogen-bond acceptors (Lipinski definition) is 2. The van der Waals surface area contributed by atoms with Gasteiger partial charge in [-0.1, -0.05) is 31.8 Å². The van der Waals surface area contributed by atoms with Crippen molar-refractivity contribution >= 4 is 5.97 Å². The Morgan fingerprint density at radius 3 is 2.31 bits per heavy atom. The van der Waals surface area contributed by atoms with E-state index in [2.05, 4.69) is 6.07 Å². The average Bonchev–Trinajstić information content (AvgIpc) is 2.26. The van der Waals surface area contributed by atoms with Gasteiger partial charge in [0.1, 0.15) is 0 Å². The van der Waals surface area contributed by atoms with Crippen molar-refractivity contribution < 1.29 is 9.90 Å². The summed E-state index contributed by atoms with van der Waals surface area (Å²) < 4.78 is 0. The highest BCUT2D eigenvalue weighted by Gasteiger charge is 1.97. The van der Waals surface area contributed by atoms with Crippen molar-refractivity contribution in [3.05, 3.63) is 11.6 Å². The summed E-state index contributed by atoms with van der Waals surface area (Å²) in [5.41, 5.74) is 0.439. The quantitative estimate of drug-likeness (QED) is 0.479. The summed E-state index contributed by atoms with van der Waals surface area (Å²) in [5, 5.41) is 16.9. The molecule has 0 aromatic carbocycles.